The highest BCUT2D eigenvalue weighted by molar-refractivity contribution is 9.09. The van der Waals surface area contributed by atoms with Crippen molar-refractivity contribution in [3.8, 4) is 11.5 Å². The van der Waals surface area contributed by atoms with E-state index in [-0.39, 0.29) is 12.0 Å². The van der Waals surface area contributed by atoms with Crippen LogP contribution in [-0.4, -0.2) is 23.8 Å². The molecule has 0 bridgehead atoms. The van der Waals surface area contributed by atoms with Gasteiger partial charge in [0.05, 0.1) is 5.33 Å². The summed E-state index contributed by atoms with van der Waals surface area (Å²) in [5, 5.41) is 9.61. The van der Waals surface area contributed by atoms with Crippen LogP contribution in [0.3, 0.4) is 0 Å². The van der Waals surface area contributed by atoms with Crippen LogP contribution in [0.4, 0.5) is 0 Å². The third-order valence-electron chi connectivity index (χ3n) is 1.49. The number of ether oxygens (including phenoxy) is 2. The van der Waals surface area contributed by atoms with E-state index < -0.39 is 0 Å². The Labute approximate surface area is 85.4 Å². The average Bonchev–Trinajstić information content (AvgIpc) is 2.17. The molecule has 1 aromatic carbocycles. The molecular weight excluding hydrogens is 236 g/mol. The molecule has 4 heteroatoms. The number of hydrogen-bond acceptors (Lipinski definition) is 3. The second-order valence-corrected chi connectivity index (χ2v) is 3.08. The van der Waals surface area contributed by atoms with Crippen LogP contribution in [0.15, 0.2) is 24.3 Å². The third-order valence-corrected chi connectivity index (χ3v) is 2.02. The first-order valence-corrected chi connectivity index (χ1v) is 4.93. The predicted octanol–water partition coefficient (Wildman–Crippen LogP) is 2.14. The van der Waals surface area contributed by atoms with E-state index in [2.05, 4.69) is 15.9 Å². The summed E-state index contributed by atoms with van der Waals surface area (Å²) >= 11 is 3.25. The molecular formula is C9H11BrO3. The summed E-state index contributed by atoms with van der Waals surface area (Å²) in [5.74, 6) is 0.893. The van der Waals surface area contributed by atoms with E-state index >= 15 is 0 Å². The van der Waals surface area contributed by atoms with Crippen molar-refractivity contribution in [3.05, 3.63) is 24.3 Å². The Balaban J connectivity index is 2.58. The van der Waals surface area contributed by atoms with Crippen LogP contribution < -0.4 is 4.74 Å². The van der Waals surface area contributed by atoms with Gasteiger partial charge in [-0.15, -0.1) is 0 Å². The van der Waals surface area contributed by atoms with E-state index in [1.54, 1.807) is 31.4 Å². The van der Waals surface area contributed by atoms with Crippen LogP contribution in [0.1, 0.15) is 0 Å². The summed E-state index contributed by atoms with van der Waals surface area (Å²) in [6, 6.07) is 6.50. The molecule has 0 aliphatic heterocycles. The molecule has 0 saturated carbocycles. The Bertz CT molecular complexity index is 244. The largest absolute Gasteiger partial charge is 0.508 e. The smallest absolute Gasteiger partial charge is 0.209 e. The fourth-order valence-electron chi connectivity index (χ4n) is 0.819. The lowest BCUT2D eigenvalue weighted by Crippen LogP contribution is -2.19. The molecule has 0 saturated heterocycles. The number of hydrogen-bond donors (Lipinski definition) is 1. The van der Waals surface area contributed by atoms with Gasteiger partial charge in [-0.3, -0.25) is 0 Å². The minimum absolute atomic E-state index is 0.222. The SMILES string of the molecule is COC(CBr)Oc1ccc(O)cc1. The summed E-state index contributed by atoms with van der Waals surface area (Å²) in [4.78, 5) is 0. The number of methoxy groups -OCH3 is 1. The standard InChI is InChI=1S/C9H11BrO3/c1-12-9(6-10)13-8-4-2-7(11)3-5-8/h2-5,9,11H,6H2,1H3. The summed E-state index contributed by atoms with van der Waals surface area (Å²) in [5.41, 5.74) is 0. The van der Waals surface area contributed by atoms with Crippen molar-refractivity contribution in [1.29, 1.82) is 0 Å². The minimum atomic E-state index is -0.301. The molecule has 1 N–H and O–H groups in total. The normalized spacial score (nSPS) is 12.5. The van der Waals surface area contributed by atoms with Gasteiger partial charge in [0, 0.05) is 7.11 Å². The average molecular weight is 247 g/mol. The number of phenols is 1. The van der Waals surface area contributed by atoms with Gasteiger partial charge in [-0.25, -0.2) is 0 Å². The molecule has 1 unspecified atom stereocenters. The van der Waals surface area contributed by atoms with E-state index in [0.717, 1.165) is 0 Å². The summed E-state index contributed by atoms with van der Waals surface area (Å²) in [7, 11) is 1.58. The molecule has 0 fully saturated rings. The van der Waals surface area contributed by atoms with E-state index in [0.29, 0.717) is 11.1 Å². The van der Waals surface area contributed by atoms with Crippen LogP contribution in [-0.2, 0) is 4.74 Å². The van der Waals surface area contributed by atoms with Crippen molar-refractivity contribution in [1.82, 2.24) is 0 Å². The maximum atomic E-state index is 9.01. The topological polar surface area (TPSA) is 38.7 Å². The molecule has 0 radical (unpaired) electrons. The number of halogens is 1. The van der Waals surface area contributed by atoms with E-state index in [1.165, 1.54) is 0 Å². The lowest BCUT2D eigenvalue weighted by Gasteiger charge is -2.14. The number of aromatic hydroxyl groups is 1. The first-order chi connectivity index (χ1) is 6.26. The first-order valence-electron chi connectivity index (χ1n) is 3.80. The van der Waals surface area contributed by atoms with Gasteiger partial charge in [0.25, 0.3) is 0 Å². The molecule has 0 heterocycles. The van der Waals surface area contributed by atoms with E-state index in [4.69, 9.17) is 14.6 Å². The minimum Gasteiger partial charge on any atom is -0.508 e. The number of alkyl halides is 1. The summed E-state index contributed by atoms with van der Waals surface area (Å²) < 4.78 is 10.4. The quantitative estimate of drug-likeness (QED) is 0.654. The Hall–Kier alpha value is -0.740. The Morgan fingerprint density at radius 1 is 1.38 bits per heavy atom. The lowest BCUT2D eigenvalue weighted by molar-refractivity contribution is -0.0336. The van der Waals surface area contributed by atoms with Gasteiger partial charge < -0.3 is 14.6 Å². The van der Waals surface area contributed by atoms with Crippen LogP contribution in [0.25, 0.3) is 0 Å². The highest BCUT2D eigenvalue weighted by Gasteiger charge is 2.05. The summed E-state index contributed by atoms with van der Waals surface area (Å²) in [6.45, 7) is 0. The Morgan fingerprint density at radius 2 is 2.00 bits per heavy atom. The van der Waals surface area contributed by atoms with Gasteiger partial charge in [0.1, 0.15) is 11.5 Å². The van der Waals surface area contributed by atoms with Crippen molar-refractivity contribution in [3.63, 3.8) is 0 Å². The zero-order valence-corrected chi connectivity index (χ0v) is 8.82. The van der Waals surface area contributed by atoms with Gasteiger partial charge in [-0.05, 0) is 24.3 Å². The predicted molar refractivity (Wildman–Crippen MR) is 53.3 cm³/mol. The van der Waals surface area contributed by atoms with Gasteiger partial charge in [-0.1, -0.05) is 15.9 Å². The van der Waals surface area contributed by atoms with Gasteiger partial charge in [0.2, 0.25) is 6.29 Å². The Kier molecular flexibility index (Phi) is 4.05. The molecule has 0 amide bonds. The van der Waals surface area contributed by atoms with Crippen LogP contribution in [0.5, 0.6) is 11.5 Å². The molecule has 1 aromatic rings. The Morgan fingerprint density at radius 3 is 2.46 bits per heavy atom. The molecule has 1 rings (SSSR count). The van der Waals surface area contributed by atoms with Crippen LogP contribution in [0, 0.1) is 0 Å². The molecule has 1 atom stereocenters. The van der Waals surface area contributed by atoms with Crippen molar-refractivity contribution < 1.29 is 14.6 Å². The molecule has 72 valence electrons. The second-order valence-electron chi connectivity index (χ2n) is 2.43. The maximum Gasteiger partial charge on any atom is 0.209 e. The molecule has 0 spiro atoms. The first kappa shape index (κ1) is 10.3. The zero-order chi connectivity index (χ0) is 9.68. The molecule has 0 aromatic heterocycles. The van der Waals surface area contributed by atoms with Crippen molar-refractivity contribution >= 4 is 15.9 Å². The monoisotopic (exact) mass is 246 g/mol. The highest BCUT2D eigenvalue weighted by atomic mass is 79.9. The van der Waals surface area contributed by atoms with Crippen molar-refractivity contribution in [2.75, 3.05) is 12.4 Å². The lowest BCUT2D eigenvalue weighted by atomic mass is 10.3. The van der Waals surface area contributed by atoms with Crippen LogP contribution in [0.2, 0.25) is 0 Å². The summed E-state index contributed by atoms with van der Waals surface area (Å²) in [6.07, 6.45) is -0.301. The van der Waals surface area contributed by atoms with Crippen molar-refractivity contribution in [2.24, 2.45) is 0 Å². The number of rotatable bonds is 4. The fraction of sp³-hybridized carbons (Fsp3) is 0.333. The van der Waals surface area contributed by atoms with Crippen LogP contribution >= 0.6 is 15.9 Å². The maximum absolute atomic E-state index is 9.01. The highest BCUT2D eigenvalue weighted by Crippen LogP contribution is 2.17. The second kappa shape index (κ2) is 5.09. The van der Waals surface area contributed by atoms with Gasteiger partial charge in [0.15, 0.2) is 0 Å². The molecule has 0 aliphatic carbocycles. The number of phenolic OH excluding ortho intramolecular Hbond substituents is 1. The molecule has 13 heavy (non-hydrogen) atoms. The van der Waals surface area contributed by atoms with E-state index in [9.17, 15) is 0 Å². The van der Waals surface area contributed by atoms with E-state index in [1.807, 2.05) is 0 Å². The molecule has 0 aliphatic rings. The van der Waals surface area contributed by atoms with Crippen molar-refractivity contribution in [2.45, 2.75) is 6.29 Å². The number of benzene rings is 1. The molecule has 3 nitrogen and oxygen atoms in total. The third kappa shape index (κ3) is 3.24. The fourth-order valence-corrected chi connectivity index (χ4v) is 1.22. The van der Waals surface area contributed by atoms with Gasteiger partial charge in [-0.2, -0.15) is 0 Å². The zero-order valence-electron chi connectivity index (χ0n) is 7.24. The van der Waals surface area contributed by atoms with Gasteiger partial charge >= 0.3 is 0 Å².